The first-order valence-electron chi connectivity index (χ1n) is 6.20. The predicted molar refractivity (Wildman–Crippen MR) is 69.4 cm³/mol. The number of carboxylic acids is 1. The van der Waals surface area contributed by atoms with E-state index in [-0.39, 0.29) is 0 Å². The van der Waals surface area contributed by atoms with Crippen LogP contribution >= 0.6 is 0 Å². The van der Waals surface area contributed by atoms with Gasteiger partial charge in [0.2, 0.25) is 0 Å². The van der Waals surface area contributed by atoms with Crippen molar-refractivity contribution in [2.75, 3.05) is 11.9 Å². The van der Waals surface area contributed by atoms with E-state index in [0.29, 0.717) is 18.6 Å². The minimum absolute atomic E-state index is 0.342. The Balaban J connectivity index is 2.99. The fourth-order valence-electron chi connectivity index (χ4n) is 1.63. The highest BCUT2D eigenvalue weighted by atomic mass is 19.2. The summed E-state index contributed by atoms with van der Waals surface area (Å²) in [7, 11) is 0. The quantitative estimate of drug-likeness (QED) is 0.822. The summed E-state index contributed by atoms with van der Waals surface area (Å²) < 4.78 is 39.5. The first-order chi connectivity index (χ1) is 9.76. The Morgan fingerprint density at radius 2 is 1.95 bits per heavy atom. The largest absolute Gasteiger partial charge is 0.480 e. The van der Waals surface area contributed by atoms with Crippen LogP contribution in [0.5, 0.6) is 0 Å². The molecule has 1 unspecified atom stereocenters. The van der Waals surface area contributed by atoms with E-state index in [1.165, 1.54) is 0 Å². The highest BCUT2D eigenvalue weighted by Gasteiger charge is 2.23. The highest BCUT2D eigenvalue weighted by Crippen LogP contribution is 2.20. The molecule has 0 aromatic heterocycles. The average Bonchev–Trinajstić information content (AvgIpc) is 2.40. The number of hydrogen-bond acceptors (Lipinski definition) is 2. The zero-order chi connectivity index (χ0) is 16.2. The van der Waals surface area contributed by atoms with Gasteiger partial charge in [0.25, 0.3) is 0 Å². The van der Waals surface area contributed by atoms with Crippen molar-refractivity contribution in [1.29, 1.82) is 0 Å². The van der Waals surface area contributed by atoms with Crippen molar-refractivity contribution in [1.82, 2.24) is 4.90 Å². The third-order valence-electron chi connectivity index (χ3n) is 2.92. The van der Waals surface area contributed by atoms with E-state index in [2.05, 4.69) is 0 Å². The molecule has 0 heterocycles. The fourth-order valence-corrected chi connectivity index (χ4v) is 1.63. The van der Waals surface area contributed by atoms with Crippen LogP contribution in [0.3, 0.4) is 0 Å². The molecular formula is C13H15F3N2O3. The molecule has 0 aliphatic heterocycles. The maximum Gasteiger partial charge on any atom is 0.323 e. The number of carboxylic acid groups (broad SMARTS) is 1. The standard InChI is InChI=1S/C13H15F3N2O3/c1-3-7(2)18(6-11(19)20)13(21)17-10-5-8(14)4-9(15)12(10)16/h4-5,7H,3,6H2,1-2H3,(H,17,21)(H,19,20). The number of rotatable bonds is 5. The summed E-state index contributed by atoms with van der Waals surface area (Å²) in [6.45, 7) is 2.72. The van der Waals surface area contributed by atoms with Gasteiger partial charge in [-0.3, -0.25) is 4.79 Å². The molecule has 0 radical (unpaired) electrons. The zero-order valence-electron chi connectivity index (χ0n) is 11.5. The maximum atomic E-state index is 13.5. The molecule has 1 rings (SSSR count). The van der Waals surface area contributed by atoms with Gasteiger partial charge in [-0.1, -0.05) is 6.92 Å². The molecule has 1 aromatic rings. The number of benzene rings is 1. The van der Waals surface area contributed by atoms with Gasteiger partial charge in [-0.15, -0.1) is 0 Å². The third kappa shape index (κ3) is 4.37. The molecule has 2 amide bonds. The Kier molecular flexibility index (Phi) is 5.57. The van der Waals surface area contributed by atoms with Crippen LogP contribution in [0.4, 0.5) is 23.7 Å². The van der Waals surface area contributed by atoms with E-state index in [4.69, 9.17) is 5.11 Å². The van der Waals surface area contributed by atoms with Crippen LogP contribution in [-0.2, 0) is 4.79 Å². The molecule has 116 valence electrons. The number of carbonyl (C=O) groups is 2. The normalized spacial score (nSPS) is 11.9. The van der Waals surface area contributed by atoms with Crippen LogP contribution < -0.4 is 5.32 Å². The Bertz CT molecular complexity index is 552. The average molecular weight is 304 g/mol. The maximum absolute atomic E-state index is 13.5. The summed E-state index contributed by atoms with van der Waals surface area (Å²) in [6.07, 6.45) is 0.459. The number of nitrogens with zero attached hydrogens (tertiary/aromatic N) is 1. The number of urea groups is 1. The minimum atomic E-state index is -1.45. The molecule has 0 aliphatic rings. The van der Waals surface area contributed by atoms with Crippen LogP contribution in [-0.4, -0.2) is 34.6 Å². The van der Waals surface area contributed by atoms with Gasteiger partial charge in [0.15, 0.2) is 11.6 Å². The SMILES string of the molecule is CCC(C)N(CC(=O)O)C(=O)Nc1cc(F)cc(F)c1F. The van der Waals surface area contributed by atoms with Crippen molar-refractivity contribution < 1.29 is 27.9 Å². The van der Waals surface area contributed by atoms with E-state index >= 15 is 0 Å². The number of hydrogen-bond donors (Lipinski definition) is 2. The van der Waals surface area contributed by atoms with E-state index in [1.807, 2.05) is 5.32 Å². The van der Waals surface area contributed by atoms with Crippen LogP contribution in [0, 0.1) is 17.5 Å². The van der Waals surface area contributed by atoms with Crippen molar-refractivity contribution in [3.63, 3.8) is 0 Å². The number of anilines is 1. The summed E-state index contributed by atoms with van der Waals surface area (Å²) in [6, 6.07) is -0.432. The lowest BCUT2D eigenvalue weighted by atomic mass is 10.2. The molecule has 0 fully saturated rings. The van der Waals surface area contributed by atoms with Crippen molar-refractivity contribution >= 4 is 17.7 Å². The second kappa shape index (κ2) is 6.96. The van der Waals surface area contributed by atoms with E-state index in [9.17, 15) is 22.8 Å². The lowest BCUT2D eigenvalue weighted by Gasteiger charge is -2.27. The summed E-state index contributed by atoms with van der Waals surface area (Å²) in [5.74, 6) is -5.17. The van der Waals surface area contributed by atoms with Gasteiger partial charge in [-0.25, -0.2) is 18.0 Å². The van der Waals surface area contributed by atoms with Gasteiger partial charge < -0.3 is 15.3 Å². The molecule has 5 nitrogen and oxygen atoms in total. The molecule has 0 bridgehead atoms. The second-order valence-corrected chi connectivity index (χ2v) is 4.46. The zero-order valence-corrected chi connectivity index (χ0v) is 11.5. The van der Waals surface area contributed by atoms with Gasteiger partial charge in [-0.2, -0.15) is 0 Å². The first-order valence-corrected chi connectivity index (χ1v) is 6.20. The van der Waals surface area contributed by atoms with E-state index in [1.54, 1.807) is 13.8 Å². The molecule has 2 N–H and O–H groups in total. The minimum Gasteiger partial charge on any atom is -0.480 e. The second-order valence-electron chi connectivity index (χ2n) is 4.46. The van der Waals surface area contributed by atoms with Crippen molar-refractivity contribution in [2.24, 2.45) is 0 Å². The van der Waals surface area contributed by atoms with Gasteiger partial charge >= 0.3 is 12.0 Å². The summed E-state index contributed by atoms with van der Waals surface area (Å²) in [5.41, 5.74) is -0.684. The van der Waals surface area contributed by atoms with Gasteiger partial charge in [0.1, 0.15) is 12.4 Å². The van der Waals surface area contributed by atoms with Crippen LogP contribution in [0.1, 0.15) is 20.3 Å². The number of aliphatic carboxylic acids is 1. The Hall–Kier alpha value is -2.25. The molecule has 8 heteroatoms. The van der Waals surface area contributed by atoms with Crippen molar-refractivity contribution in [2.45, 2.75) is 26.3 Å². The van der Waals surface area contributed by atoms with Crippen LogP contribution in [0.25, 0.3) is 0 Å². The topological polar surface area (TPSA) is 69.6 Å². The Morgan fingerprint density at radius 3 is 2.48 bits per heavy atom. The van der Waals surface area contributed by atoms with Gasteiger partial charge in [-0.05, 0) is 13.3 Å². The lowest BCUT2D eigenvalue weighted by Crippen LogP contribution is -2.44. The monoisotopic (exact) mass is 304 g/mol. The Labute approximate surface area is 119 Å². The number of amides is 2. The van der Waals surface area contributed by atoms with E-state index < -0.39 is 47.7 Å². The highest BCUT2D eigenvalue weighted by molar-refractivity contribution is 5.91. The van der Waals surface area contributed by atoms with Gasteiger partial charge in [0.05, 0.1) is 5.69 Å². The number of halogens is 3. The predicted octanol–water partition coefficient (Wildman–Crippen LogP) is 2.82. The van der Waals surface area contributed by atoms with Crippen molar-refractivity contribution in [3.8, 4) is 0 Å². The molecule has 0 spiro atoms. The van der Waals surface area contributed by atoms with Gasteiger partial charge in [0, 0.05) is 18.2 Å². The Morgan fingerprint density at radius 1 is 1.33 bits per heavy atom. The number of carbonyl (C=O) groups excluding carboxylic acids is 1. The smallest absolute Gasteiger partial charge is 0.323 e. The molecule has 0 saturated heterocycles. The number of nitrogens with one attached hydrogen (secondary N) is 1. The van der Waals surface area contributed by atoms with Crippen LogP contribution in [0.15, 0.2) is 12.1 Å². The van der Waals surface area contributed by atoms with Crippen molar-refractivity contribution in [3.05, 3.63) is 29.6 Å². The molecular weight excluding hydrogens is 289 g/mol. The lowest BCUT2D eigenvalue weighted by molar-refractivity contribution is -0.138. The summed E-state index contributed by atoms with van der Waals surface area (Å²) >= 11 is 0. The summed E-state index contributed by atoms with van der Waals surface area (Å²) in [4.78, 5) is 23.6. The van der Waals surface area contributed by atoms with E-state index in [0.717, 1.165) is 4.90 Å². The first kappa shape index (κ1) is 16.8. The fraction of sp³-hybridized carbons (Fsp3) is 0.385. The third-order valence-corrected chi connectivity index (χ3v) is 2.92. The molecule has 1 aromatic carbocycles. The molecule has 1 atom stereocenters. The molecule has 0 saturated carbocycles. The summed E-state index contributed by atoms with van der Waals surface area (Å²) in [5, 5.41) is 10.8. The molecule has 21 heavy (non-hydrogen) atoms. The van der Waals surface area contributed by atoms with Crippen LogP contribution in [0.2, 0.25) is 0 Å². The molecule has 0 aliphatic carbocycles.